The van der Waals surface area contributed by atoms with E-state index in [9.17, 15) is 9.90 Å². The third-order valence-corrected chi connectivity index (χ3v) is 5.84. The second kappa shape index (κ2) is 7.66. The number of amides is 1. The van der Waals surface area contributed by atoms with Gasteiger partial charge in [-0.1, -0.05) is 36.8 Å². The van der Waals surface area contributed by atoms with E-state index in [-0.39, 0.29) is 23.3 Å². The van der Waals surface area contributed by atoms with Crippen LogP contribution in [0.25, 0.3) is 0 Å². The highest BCUT2D eigenvalue weighted by atomic mass is 16.5. The van der Waals surface area contributed by atoms with Crippen LogP contribution in [0.5, 0.6) is 0 Å². The maximum absolute atomic E-state index is 12.8. The van der Waals surface area contributed by atoms with Crippen LogP contribution in [0.1, 0.15) is 37.7 Å². The van der Waals surface area contributed by atoms with Crippen LogP contribution in [-0.2, 0) is 16.0 Å². The molecule has 1 atom stereocenters. The Morgan fingerprint density at radius 3 is 2.50 bits per heavy atom. The Kier molecular flexibility index (Phi) is 5.57. The smallest absolute Gasteiger partial charge is 0.231 e. The molecule has 0 bridgehead atoms. The van der Waals surface area contributed by atoms with Gasteiger partial charge in [0, 0.05) is 20.2 Å². The van der Waals surface area contributed by atoms with E-state index in [0.717, 1.165) is 45.2 Å². The van der Waals surface area contributed by atoms with Crippen LogP contribution < -0.4 is 0 Å². The monoisotopic (exact) mass is 331 g/mol. The second-order valence-electron chi connectivity index (χ2n) is 7.45. The minimum atomic E-state index is -0.318. The van der Waals surface area contributed by atoms with E-state index < -0.39 is 0 Å². The molecule has 0 aromatic heterocycles. The van der Waals surface area contributed by atoms with Crippen molar-refractivity contribution in [3.05, 3.63) is 35.9 Å². The first-order chi connectivity index (χ1) is 11.6. The molecule has 4 nitrogen and oxygen atoms in total. The number of ether oxygens (including phenoxy) is 1. The average Bonchev–Trinajstić information content (AvgIpc) is 2.58. The number of methoxy groups -OCH3 is 1. The van der Waals surface area contributed by atoms with E-state index in [1.54, 1.807) is 7.11 Å². The molecule has 1 N–H and O–H groups in total. The molecule has 0 spiro atoms. The number of benzene rings is 1. The van der Waals surface area contributed by atoms with Crippen LogP contribution in [0.3, 0.4) is 0 Å². The van der Waals surface area contributed by atoms with Crippen molar-refractivity contribution in [3.8, 4) is 0 Å². The Labute approximate surface area is 144 Å². The first-order valence-electron chi connectivity index (χ1n) is 9.15. The largest absolute Gasteiger partial charge is 0.392 e. The van der Waals surface area contributed by atoms with Gasteiger partial charge in [-0.2, -0.15) is 0 Å². The summed E-state index contributed by atoms with van der Waals surface area (Å²) in [5.41, 5.74) is 0.918. The molecule has 1 heterocycles. The standard InChI is InChI=1S/C20H29NO3/c1-24-15-20(10-5-11-20)19(23)21-12-8-17(9-13-21)18(22)14-16-6-3-2-4-7-16/h2-4,6-7,17-18,22H,5,8-15H2,1H3/t18-/m1/s1. The van der Waals surface area contributed by atoms with Crippen LogP contribution in [0.2, 0.25) is 0 Å². The van der Waals surface area contributed by atoms with E-state index in [1.165, 1.54) is 5.56 Å². The van der Waals surface area contributed by atoms with Gasteiger partial charge in [0.15, 0.2) is 0 Å². The highest BCUT2D eigenvalue weighted by Gasteiger charge is 2.47. The summed E-state index contributed by atoms with van der Waals surface area (Å²) in [5.74, 6) is 0.556. The zero-order chi connectivity index (χ0) is 17.0. The summed E-state index contributed by atoms with van der Waals surface area (Å²) >= 11 is 0. The first-order valence-corrected chi connectivity index (χ1v) is 9.15. The van der Waals surface area contributed by atoms with Crippen LogP contribution in [0.4, 0.5) is 0 Å². The highest BCUT2D eigenvalue weighted by molar-refractivity contribution is 5.84. The van der Waals surface area contributed by atoms with E-state index in [0.29, 0.717) is 13.0 Å². The number of hydrogen-bond acceptors (Lipinski definition) is 3. The quantitative estimate of drug-likeness (QED) is 0.872. The second-order valence-corrected chi connectivity index (χ2v) is 7.45. The Morgan fingerprint density at radius 1 is 1.29 bits per heavy atom. The van der Waals surface area contributed by atoms with Crippen molar-refractivity contribution in [2.45, 2.75) is 44.6 Å². The van der Waals surface area contributed by atoms with Crippen LogP contribution in [-0.4, -0.2) is 48.8 Å². The molecule has 0 unspecified atom stereocenters. The van der Waals surface area contributed by atoms with E-state index in [4.69, 9.17) is 4.74 Å². The molecule has 24 heavy (non-hydrogen) atoms. The SMILES string of the molecule is COCC1(C(=O)N2CCC([C@H](O)Cc3ccccc3)CC2)CCC1. The third-order valence-electron chi connectivity index (χ3n) is 5.84. The van der Waals surface area contributed by atoms with Gasteiger partial charge >= 0.3 is 0 Å². The zero-order valence-corrected chi connectivity index (χ0v) is 14.6. The molecule has 2 aliphatic rings. The molecule has 3 rings (SSSR count). The van der Waals surface area contributed by atoms with Gasteiger partial charge in [0.2, 0.25) is 5.91 Å². The van der Waals surface area contributed by atoms with Gasteiger partial charge < -0.3 is 14.7 Å². The van der Waals surface area contributed by atoms with Crippen molar-refractivity contribution in [3.63, 3.8) is 0 Å². The first kappa shape index (κ1) is 17.4. The predicted molar refractivity (Wildman–Crippen MR) is 93.6 cm³/mol. The Balaban J connectivity index is 1.51. The van der Waals surface area contributed by atoms with Gasteiger partial charge in [-0.05, 0) is 43.6 Å². The number of hydrogen-bond donors (Lipinski definition) is 1. The van der Waals surface area contributed by atoms with Crippen LogP contribution in [0.15, 0.2) is 30.3 Å². The molecule has 1 aromatic rings. The zero-order valence-electron chi connectivity index (χ0n) is 14.6. The van der Waals surface area contributed by atoms with Crippen LogP contribution >= 0.6 is 0 Å². The fraction of sp³-hybridized carbons (Fsp3) is 0.650. The van der Waals surface area contributed by atoms with Gasteiger partial charge in [-0.3, -0.25) is 4.79 Å². The van der Waals surface area contributed by atoms with Crippen molar-refractivity contribution < 1.29 is 14.6 Å². The number of likely N-dealkylation sites (tertiary alicyclic amines) is 1. The topological polar surface area (TPSA) is 49.8 Å². The van der Waals surface area contributed by atoms with Gasteiger partial charge in [0.25, 0.3) is 0 Å². The molecular weight excluding hydrogens is 302 g/mol. The maximum atomic E-state index is 12.8. The van der Waals surface area contributed by atoms with Crippen molar-refractivity contribution in [2.75, 3.05) is 26.8 Å². The molecule has 1 aromatic carbocycles. The number of nitrogens with zero attached hydrogens (tertiary/aromatic N) is 1. The number of aliphatic hydroxyl groups excluding tert-OH is 1. The molecule has 132 valence electrons. The number of carbonyl (C=O) groups excluding carboxylic acids is 1. The number of piperidine rings is 1. The molecule has 0 radical (unpaired) electrons. The molecule has 4 heteroatoms. The van der Waals surface area contributed by atoms with Crippen molar-refractivity contribution in [1.82, 2.24) is 4.90 Å². The lowest BCUT2D eigenvalue weighted by atomic mass is 9.68. The van der Waals surface area contributed by atoms with Crippen molar-refractivity contribution >= 4 is 5.91 Å². The normalized spacial score (nSPS) is 22.0. The summed E-state index contributed by atoms with van der Waals surface area (Å²) in [5, 5.41) is 10.5. The lowest BCUT2D eigenvalue weighted by Gasteiger charge is -2.45. The average molecular weight is 331 g/mol. The van der Waals surface area contributed by atoms with E-state index in [1.807, 2.05) is 23.1 Å². The third kappa shape index (κ3) is 3.65. The Bertz CT molecular complexity index is 533. The molecule has 1 saturated carbocycles. The molecule has 1 aliphatic carbocycles. The van der Waals surface area contributed by atoms with Gasteiger partial charge in [0.05, 0.1) is 18.1 Å². The lowest BCUT2D eigenvalue weighted by Crippen LogP contribution is -2.53. The van der Waals surface area contributed by atoms with Crippen molar-refractivity contribution in [2.24, 2.45) is 11.3 Å². The van der Waals surface area contributed by atoms with Crippen molar-refractivity contribution in [1.29, 1.82) is 0 Å². The van der Waals surface area contributed by atoms with Gasteiger partial charge in [0.1, 0.15) is 0 Å². The summed E-state index contributed by atoms with van der Waals surface area (Å²) in [4.78, 5) is 14.8. The molecular formula is C20H29NO3. The summed E-state index contributed by atoms with van der Waals surface area (Å²) in [6, 6.07) is 10.1. The molecule has 1 amide bonds. The van der Waals surface area contributed by atoms with Gasteiger partial charge in [-0.15, -0.1) is 0 Å². The molecule has 1 aliphatic heterocycles. The fourth-order valence-electron chi connectivity index (χ4n) is 4.14. The lowest BCUT2D eigenvalue weighted by molar-refractivity contribution is -0.154. The summed E-state index contributed by atoms with van der Waals surface area (Å²) < 4.78 is 5.30. The fourth-order valence-corrected chi connectivity index (χ4v) is 4.14. The predicted octanol–water partition coefficient (Wildman–Crippen LogP) is 2.65. The maximum Gasteiger partial charge on any atom is 0.231 e. The molecule has 1 saturated heterocycles. The minimum Gasteiger partial charge on any atom is -0.392 e. The van der Waals surface area contributed by atoms with E-state index in [2.05, 4.69) is 12.1 Å². The number of carbonyl (C=O) groups is 1. The molecule has 2 fully saturated rings. The van der Waals surface area contributed by atoms with Crippen LogP contribution in [0, 0.1) is 11.3 Å². The minimum absolute atomic E-state index is 0.260. The van der Waals surface area contributed by atoms with E-state index >= 15 is 0 Å². The summed E-state index contributed by atoms with van der Waals surface area (Å²) in [7, 11) is 1.68. The number of rotatable bonds is 6. The van der Waals surface area contributed by atoms with Gasteiger partial charge in [-0.25, -0.2) is 0 Å². The summed E-state index contributed by atoms with van der Waals surface area (Å²) in [6.07, 6.45) is 5.20. The summed E-state index contributed by atoms with van der Waals surface area (Å²) in [6.45, 7) is 2.07. The Hall–Kier alpha value is -1.39. The Morgan fingerprint density at radius 2 is 1.96 bits per heavy atom. The number of aliphatic hydroxyl groups is 1. The highest BCUT2D eigenvalue weighted by Crippen LogP contribution is 2.43.